The first-order valence-electron chi connectivity index (χ1n) is 3.60. The van der Waals surface area contributed by atoms with E-state index in [1.54, 1.807) is 0 Å². The SMILES string of the molecule is CC(=O)[N]C(Cl)c1ccccc1. The zero-order valence-corrected chi connectivity index (χ0v) is 7.45. The molecule has 0 saturated carbocycles. The molecule has 2 nitrogen and oxygen atoms in total. The lowest BCUT2D eigenvalue weighted by Crippen LogP contribution is -2.13. The maximum Gasteiger partial charge on any atom is 0.239 e. The predicted molar refractivity (Wildman–Crippen MR) is 47.9 cm³/mol. The van der Waals surface area contributed by atoms with Crippen molar-refractivity contribution in [1.29, 1.82) is 0 Å². The Balaban J connectivity index is 2.65. The van der Waals surface area contributed by atoms with E-state index in [4.69, 9.17) is 11.6 Å². The number of halogens is 1. The van der Waals surface area contributed by atoms with Gasteiger partial charge >= 0.3 is 0 Å². The predicted octanol–water partition coefficient (Wildman–Crippen LogP) is 2.07. The van der Waals surface area contributed by atoms with Gasteiger partial charge in [-0.15, -0.1) is 0 Å². The van der Waals surface area contributed by atoms with Crippen LogP contribution in [0.1, 0.15) is 18.0 Å². The highest BCUT2D eigenvalue weighted by molar-refractivity contribution is 6.21. The molecule has 0 aliphatic heterocycles. The van der Waals surface area contributed by atoms with Crippen LogP contribution in [0.2, 0.25) is 0 Å². The number of hydrogen-bond donors (Lipinski definition) is 0. The minimum Gasteiger partial charge on any atom is -0.273 e. The molecule has 0 saturated heterocycles. The van der Waals surface area contributed by atoms with Gasteiger partial charge in [-0.05, 0) is 5.56 Å². The third-order valence-corrected chi connectivity index (χ3v) is 1.72. The molecule has 63 valence electrons. The number of carbonyl (C=O) groups excluding carboxylic acids is 1. The molecular formula is C9H9ClNO. The van der Waals surface area contributed by atoms with Crippen molar-refractivity contribution in [2.24, 2.45) is 0 Å². The first-order chi connectivity index (χ1) is 5.70. The summed E-state index contributed by atoms with van der Waals surface area (Å²) in [5.74, 6) is -0.251. The summed E-state index contributed by atoms with van der Waals surface area (Å²) >= 11 is 5.81. The summed E-state index contributed by atoms with van der Waals surface area (Å²) in [6, 6.07) is 9.29. The van der Waals surface area contributed by atoms with Gasteiger partial charge in [0, 0.05) is 6.92 Å². The van der Waals surface area contributed by atoms with Crippen molar-refractivity contribution in [2.75, 3.05) is 0 Å². The van der Waals surface area contributed by atoms with E-state index in [1.807, 2.05) is 30.3 Å². The molecule has 1 rings (SSSR count). The standard InChI is InChI=1S/C9H9ClNO/c1-7(12)11-9(10)8-5-3-2-4-6-8/h2-6,9H,1H3. The van der Waals surface area contributed by atoms with Crippen molar-refractivity contribution in [1.82, 2.24) is 5.32 Å². The Hall–Kier alpha value is -1.02. The van der Waals surface area contributed by atoms with Crippen LogP contribution in [0, 0.1) is 0 Å². The lowest BCUT2D eigenvalue weighted by Gasteiger charge is -2.06. The largest absolute Gasteiger partial charge is 0.273 e. The summed E-state index contributed by atoms with van der Waals surface area (Å²) in [5.41, 5.74) is 0.290. The molecule has 12 heavy (non-hydrogen) atoms. The Kier molecular flexibility index (Phi) is 3.11. The number of amides is 1. The quantitative estimate of drug-likeness (QED) is 0.509. The van der Waals surface area contributed by atoms with Gasteiger partial charge in [0.1, 0.15) is 0 Å². The summed E-state index contributed by atoms with van der Waals surface area (Å²) in [4.78, 5) is 10.6. The van der Waals surface area contributed by atoms with Crippen LogP contribution in [0.5, 0.6) is 0 Å². The van der Waals surface area contributed by atoms with Crippen molar-refractivity contribution in [3.63, 3.8) is 0 Å². The maximum atomic E-state index is 10.6. The molecule has 0 aromatic heterocycles. The van der Waals surface area contributed by atoms with Gasteiger partial charge in [-0.25, -0.2) is 5.32 Å². The van der Waals surface area contributed by atoms with Crippen LogP contribution in [-0.4, -0.2) is 5.91 Å². The van der Waals surface area contributed by atoms with E-state index in [0.717, 1.165) is 5.56 Å². The summed E-state index contributed by atoms with van der Waals surface area (Å²) in [6.45, 7) is 1.39. The Morgan fingerprint density at radius 2 is 2.00 bits per heavy atom. The van der Waals surface area contributed by atoms with E-state index < -0.39 is 5.50 Å². The van der Waals surface area contributed by atoms with Crippen LogP contribution >= 0.6 is 11.6 Å². The van der Waals surface area contributed by atoms with Gasteiger partial charge in [0.05, 0.1) is 0 Å². The van der Waals surface area contributed by atoms with Crippen molar-refractivity contribution in [2.45, 2.75) is 12.4 Å². The zero-order valence-electron chi connectivity index (χ0n) is 6.70. The topological polar surface area (TPSA) is 31.2 Å². The highest BCUT2D eigenvalue weighted by Crippen LogP contribution is 2.17. The van der Waals surface area contributed by atoms with E-state index in [9.17, 15) is 4.79 Å². The summed E-state index contributed by atoms with van der Waals surface area (Å²) in [5, 5.41) is 3.67. The summed E-state index contributed by atoms with van der Waals surface area (Å²) in [7, 11) is 0. The van der Waals surface area contributed by atoms with E-state index >= 15 is 0 Å². The molecule has 0 bridgehead atoms. The second kappa shape index (κ2) is 4.12. The molecule has 1 unspecified atom stereocenters. The molecule has 0 N–H and O–H groups in total. The molecule has 0 aliphatic carbocycles. The average Bonchev–Trinajstić information content (AvgIpc) is 2.05. The second-order valence-corrected chi connectivity index (χ2v) is 2.81. The monoisotopic (exact) mass is 182 g/mol. The number of hydrogen-bond acceptors (Lipinski definition) is 1. The molecule has 1 atom stereocenters. The second-order valence-electron chi connectivity index (χ2n) is 2.39. The molecule has 1 aromatic rings. The Bertz CT molecular complexity index is 260. The van der Waals surface area contributed by atoms with Crippen LogP contribution in [0.3, 0.4) is 0 Å². The number of rotatable bonds is 2. The molecule has 0 aliphatic rings. The Morgan fingerprint density at radius 1 is 1.42 bits per heavy atom. The molecule has 3 heteroatoms. The minimum absolute atomic E-state index is 0.251. The van der Waals surface area contributed by atoms with Crippen molar-refractivity contribution in [3.05, 3.63) is 35.9 Å². The molecule has 1 radical (unpaired) electrons. The molecule has 0 heterocycles. The first-order valence-corrected chi connectivity index (χ1v) is 4.04. The van der Waals surface area contributed by atoms with Crippen LogP contribution in [0.15, 0.2) is 30.3 Å². The maximum absolute atomic E-state index is 10.6. The van der Waals surface area contributed by atoms with E-state index in [-0.39, 0.29) is 5.91 Å². The molecule has 1 amide bonds. The van der Waals surface area contributed by atoms with Gasteiger partial charge in [0.15, 0.2) is 5.50 Å². The lowest BCUT2D eigenvalue weighted by molar-refractivity contribution is -0.119. The first kappa shape index (κ1) is 9.07. The van der Waals surface area contributed by atoms with Gasteiger partial charge in [0.25, 0.3) is 0 Å². The van der Waals surface area contributed by atoms with Crippen LogP contribution in [0.25, 0.3) is 0 Å². The summed E-state index contributed by atoms with van der Waals surface area (Å²) in [6.07, 6.45) is 0. The van der Waals surface area contributed by atoms with Gasteiger partial charge in [-0.2, -0.15) is 0 Å². The van der Waals surface area contributed by atoms with Gasteiger partial charge < -0.3 is 0 Å². The van der Waals surface area contributed by atoms with Gasteiger partial charge in [-0.3, -0.25) is 4.79 Å². The number of carbonyl (C=O) groups is 1. The lowest BCUT2D eigenvalue weighted by atomic mass is 10.2. The summed E-state index contributed by atoms with van der Waals surface area (Å²) < 4.78 is 0. The van der Waals surface area contributed by atoms with Crippen molar-refractivity contribution < 1.29 is 4.79 Å². The van der Waals surface area contributed by atoms with E-state index in [0.29, 0.717) is 0 Å². The van der Waals surface area contributed by atoms with Crippen molar-refractivity contribution in [3.8, 4) is 0 Å². The average molecular weight is 183 g/mol. The highest BCUT2D eigenvalue weighted by atomic mass is 35.5. The van der Waals surface area contributed by atoms with Crippen molar-refractivity contribution >= 4 is 17.5 Å². The molecule has 1 aromatic carbocycles. The Labute approximate surface area is 76.5 Å². The molecule has 0 spiro atoms. The van der Waals surface area contributed by atoms with Gasteiger partial charge in [-0.1, -0.05) is 41.9 Å². The molecule has 0 fully saturated rings. The van der Waals surface area contributed by atoms with E-state index in [1.165, 1.54) is 6.92 Å². The highest BCUT2D eigenvalue weighted by Gasteiger charge is 2.09. The minimum atomic E-state index is -0.552. The third-order valence-electron chi connectivity index (χ3n) is 1.37. The number of nitrogens with zero attached hydrogens (tertiary/aromatic N) is 1. The number of alkyl halides is 1. The third kappa shape index (κ3) is 2.55. The normalized spacial score (nSPS) is 12.2. The van der Waals surface area contributed by atoms with Crippen LogP contribution in [-0.2, 0) is 4.79 Å². The fourth-order valence-corrected chi connectivity index (χ4v) is 1.13. The van der Waals surface area contributed by atoms with E-state index in [2.05, 4.69) is 5.32 Å². The smallest absolute Gasteiger partial charge is 0.239 e. The molecular weight excluding hydrogens is 174 g/mol. The van der Waals surface area contributed by atoms with Crippen LogP contribution < -0.4 is 5.32 Å². The Morgan fingerprint density at radius 3 is 2.50 bits per heavy atom. The number of benzene rings is 1. The fourth-order valence-electron chi connectivity index (χ4n) is 0.846. The zero-order chi connectivity index (χ0) is 8.97. The van der Waals surface area contributed by atoms with Crippen LogP contribution in [0.4, 0.5) is 0 Å². The fraction of sp³-hybridized carbons (Fsp3) is 0.222. The van der Waals surface area contributed by atoms with Gasteiger partial charge in [0.2, 0.25) is 5.91 Å².